The fourth-order valence-corrected chi connectivity index (χ4v) is 2.66. The van der Waals surface area contributed by atoms with E-state index in [1.165, 1.54) is 32.1 Å². The Morgan fingerprint density at radius 3 is 2.94 bits per heavy atom. The Kier molecular flexibility index (Phi) is 3.97. The summed E-state index contributed by atoms with van der Waals surface area (Å²) in [4.78, 5) is 8.90. The average molecular weight is 233 g/mol. The van der Waals surface area contributed by atoms with Gasteiger partial charge in [-0.15, -0.1) is 0 Å². The standard InChI is InChI=1S/C14H23N3/c1-4-12-6-5-7-13(8-12)17-14-11(3)15-9-10(2)16-14/h9,12-13H,4-8H2,1-3H3,(H,16,17). The number of hydrogen-bond acceptors (Lipinski definition) is 3. The Labute approximate surface area is 104 Å². The molecule has 1 aromatic heterocycles. The van der Waals surface area contributed by atoms with E-state index in [-0.39, 0.29) is 0 Å². The topological polar surface area (TPSA) is 37.8 Å². The Balaban J connectivity index is 2.02. The summed E-state index contributed by atoms with van der Waals surface area (Å²) in [5.41, 5.74) is 2.00. The average Bonchev–Trinajstić information content (AvgIpc) is 2.34. The quantitative estimate of drug-likeness (QED) is 0.868. The first kappa shape index (κ1) is 12.3. The van der Waals surface area contributed by atoms with Gasteiger partial charge in [0.15, 0.2) is 0 Å². The summed E-state index contributed by atoms with van der Waals surface area (Å²) < 4.78 is 0. The van der Waals surface area contributed by atoms with Gasteiger partial charge in [0.2, 0.25) is 0 Å². The first-order chi connectivity index (χ1) is 8.19. The van der Waals surface area contributed by atoms with Crippen LogP contribution < -0.4 is 5.32 Å². The summed E-state index contributed by atoms with van der Waals surface area (Å²) in [6.07, 6.45) is 8.42. The van der Waals surface area contributed by atoms with Crippen LogP contribution >= 0.6 is 0 Å². The Hall–Kier alpha value is -1.12. The molecule has 0 aromatic carbocycles. The van der Waals surface area contributed by atoms with E-state index in [0.717, 1.165) is 23.1 Å². The van der Waals surface area contributed by atoms with Crippen molar-refractivity contribution in [2.24, 2.45) is 5.92 Å². The molecule has 1 heterocycles. The van der Waals surface area contributed by atoms with Gasteiger partial charge in [-0.1, -0.05) is 26.2 Å². The van der Waals surface area contributed by atoms with Crippen molar-refractivity contribution in [2.45, 2.75) is 58.9 Å². The lowest BCUT2D eigenvalue weighted by Gasteiger charge is -2.29. The van der Waals surface area contributed by atoms with Crippen LogP contribution in [0.4, 0.5) is 5.82 Å². The molecule has 0 bridgehead atoms. The molecule has 3 nitrogen and oxygen atoms in total. The molecule has 1 aliphatic rings. The number of anilines is 1. The van der Waals surface area contributed by atoms with E-state index >= 15 is 0 Å². The second-order valence-electron chi connectivity index (χ2n) is 5.23. The highest BCUT2D eigenvalue weighted by Gasteiger charge is 2.21. The highest BCUT2D eigenvalue weighted by atomic mass is 15.0. The molecule has 0 radical (unpaired) electrons. The van der Waals surface area contributed by atoms with Crippen molar-refractivity contribution in [1.29, 1.82) is 0 Å². The minimum Gasteiger partial charge on any atom is -0.366 e. The molecule has 1 saturated carbocycles. The van der Waals surface area contributed by atoms with E-state index in [1.807, 2.05) is 20.0 Å². The van der Waals surface area contributed by atoms with Gasteiger partial charge in [-0.25, -0.2) is 4.98 Å². The molecule has 0 aliphatic heterocycles. The minimum absolute atomic E-state index is 0.587. The van der Waals surface area contributed by atoms with Gasteiger partial charge in [0, 0.05) is 12.2 Å². The van der Waals surface area contributed by atoms with E-state index in [1.54, 1.807) is 0 Å². The van der Waals surface area contributed by atoms with Gasteiger partial charge in [0.1, 0.15) is 5.82 Å². The van der Waals surface area contributed by atoms with Crippen molar-refractivity contribution in [3.05, 3.63) is 17.6 Å². The minimum atomic E-state index is 0.587. The van der Waals surface area contributed by atoms with Gasteiger partial charge in [-0.3, -0.25) is 4.98 Å². The number of aromatic nitrogens is 2. The Morgan fingerprint density at radius 2 is 2.18 bits per heavy atom. The normalized spacial score (nSPS) is 24.6. The van der Waals surface area contributed by atoms with Crippen molar-refractivity contribution in [3.63, 3.8) is 0 Å². The molecule has 2 unspecified atom stereocenters. The summed E-state index contributed by atoms with van der Waals surface area (Å²) in [5, 5.41) is 3.58. The van der Waals surface area contributed by atoms with E-state index in [4.69, 9.17) is 0 Å². The van der Waals surface area contributed by atoms with Crippen molar-refractivity contribution < 1.29 is 0 Å². The van der Waals surface area contributed by atoms with Gasteiger partial charge >= 0.3 is 0 Å². The van der Waals surface area contributed by atoms with Gasteiger partial charge in [0.25, 0.3) is 0 Å². The smallest absolute Gasteiger partial charge is 0.147 e. The molecule has 3 heteroatoms. The molecule has 1 aliphatic carbocycles. The predicted octanol–water partition coefficient (Wildman–Crippen LogP) is 3.47. The third-order valence-electron chi connectivity index (χ3n) is 3.78. The maximum Gasteiger partial charge on any atom is 0.147 e. The van der Waals surface area contributed by atoms with Crippen LogP contribution in [-0.2, 0) is 0 Å². The van der Waals surface area contributed by atoms with E-state index in [2.05, 4.69) is 22.2 Å². The molecule has 1 aromatic rings. The van der Waals surface area contributed by atoms with Crippen molar-refractivity contribution in [2.75, 3.05) is 5.32 Å². The molecular formula is C14H23N3. The van der Waals surface area contributed by atoms with Crippen LogP contribution in [0.2, 0.25) is 0 Å². The van der Waals surface area contributed by atoms with Crippen LogP contribution in [0.3, 0.4) is 0 Å². The van der Waals surface area contributed by atoms with Crippen LogP contribution in [0.1, 0.15) is 50.4 Å². The third kappa shape index (κ3) is 3.18. The number of aryl methyl sites for hydroxylation is 2. The molecule has 1 fully saturated rings. The highest BCUT2D eigenvalue weighted by molar-refractivity contribution is 5.40. The van der Waals surface area contributed by atoms with E-state index in [9.17, 15) is 0 Å². The van der Waals surface area contributed by atoms with Crippen molar-refractivity contribution in [3.8, 4) is 0 Å². The van der Waals surface area contributed by atoms with Gasteiger partial charge in [0.05, 0.1) is 11.4 Å². The first-order valence-electron chi connectivity index (χ1n) is 6.75. The van der Waals surface area contributed by atoms with Crippen LogP contribution in [0.15, 0.2) is 6.20 Å². The zero-order valence-corrected chi connectivity index (χ0v) is 11.2. The maximum atomic E-state index is 4.54. The highest BCUT2D eigenvalue weighted by Crippen LogP contribution is 2.28. The predicted molar refractivity (Wildman–Crippen MR) is 71.2 cm³/mol. The summed E-state index contributed by atoms with van der Waals surface area (Å²) in [7, 11) is 0. The zero-order chi connectivity index (χ0) is 12.3. The second kappa shape index (κ2) is 5.48. The zero-order valence-electron chi connectivity index (χ0n) is 11.2. The number of rotatable bonds is 3. The van der Waals surface area contributed by atoms with E-state index < -0.39 is 0 Å². The molecular weight excluding hydrogens is 210 g/mol. The van der Waals surface area contributed by atoms with Crippen molar-refractivity contribution >= 4 is 5.82 Å². The lowest BCUT2D eigenvalue weighted by atomic mass is 9.84. The summed E-state index contributed by atoms with van der Waals surface area (Å²) in [6, 6.07) is 0.587. The molecule has 2 rings (SSSR count). The number of nitrogens with zero attached hydrogens (tertiary/aromatic N) is 2. The molecule has 0 amide bonds. The van der Waals surface area contributed by atoms with Crippen LogP contribution in [0, 0.1) is 19.8 Å². The van der Waals surface area contributed by atoms with Crippen LogP contribution in [-0.4, -0.2) is 16.0 Å². The summed E-state index contributed by atoms with van der Waals surface area (Å²) >= 11 is 0. The Bertz CT molecular complexity index is 376. The van der Waals surface area contributed by atoms with Crippen LogP contribution in [0.5, 0.6) is 0 Å². The van der Waals surface area contributed by atoms with Gasteiger partial charge < -0.3 is 5.32 Å². The second-order valence-corrected chi connectivity index (χ2v) is 5.23. The summed E-state index contributed by atoms with van der Waals surface area (Å²) in [6.45, 7) is 6.31. The molecule has 0 spiro atoms. The van der Waals surface area contributed by atoms with Crippen molar-refractivity contribution in [1.82, 2.24) is 9.97 Å². The largest absolute Gasteiger partial charge is 0.366 e. The first-order valence-corrected chi connectivity index (χ1v) is 6.75. The molecule has 0 saturated heterocycles. The van der Waals surface area contributed by atoms with Gasteiger partial charge in [-0.05, 0) is 32.6 Å². The fraction of sp³-hybridized carbons (Fsp3) is 0.714. The lowest BCUT2D eigenvalue weighted by molar-refractivity contribution is 0.327. The maximum absolute atomic E-state index is 4.54. The fourth-order valence-electron chi connectivity index (χ4n) is 2.66. The Morgan fingerprint density at radius 1 is 1.35 bits per heavy atom. The molecule has 1 N–H and O–H groups in total. The monoisotopic (exact) mass is 233 g/mol. The molecule has 2 atom stereocenters. The third-order valence-corrected chi connectivity index (χ3v) is 3.78. The van der Waals surface area contributed by atoms with Gasteiger partial charge in [-0.2, -0.15) is 0 Å². The van der Waals surface area contributed by atoms with Crippen LogP contribution in [0.25, 0.3) is 0 Å². The van der Waals surface area contributed by atoms with E-state index in [0.29, 0.717) is 6.04 Å². The molecule has 17 heavy (non-hydrogen) atoms. The lowest BCUT2D eigenvalue weighted by Crippen LogP contribution is -2.28. The SMILES string of the molecule is CCC1CCCC(Nc2nc(C)cnc2C)C1. The summed E-state index contributed by atoms with van der Waals surface area (Å²) in [5.74, 6) is 1.87. The molecule has 94 valence electrons. The number of nitrogens with one attached hydrogen (secondary N) is 1. The number of hydrogen-bond donors (Lipinski definition) is 1.